The first-order chi connectivity index (χ1) is 8.24. The van der Waals surface area contributed by atoms with Crippen LogP contribution in [0.5, 0.6) is 0 Å². The van der Waals surface area contributed by atoms with Crippen molar-refractivity contribution in [2.75, 3.05) is 0 Å². The lowest BCUT2D eigenvalue weighted by Crippen LogP contribution is -2.17. The van der Waals surface area contributed by atoms with Gasteiger partial charge in [0.15, 0.2) is 0 Å². The van der Waals surface area contributed by atoms with Gasteiger partial charge in [0.1, 0.15) is 11.6 Å². The molecule has 1 N–H and O–H groups in total. The third-order valence-electron chi connectivity index (χ3n) is 2.26. The molecular weight excluding hydrogens is 225 g/mol. The lowest BCUT2D eigenvalue weighted by molar-refractivity contribution is 0.621. The molecule has 0 amide bonds. The van der Waals surface area contributed by atoms with Gasteiger partial charge in [-0.15, -0.1) is 0 Å². The SMILES string of the molecule is O=c1[nH]c(-c2cncc(F)c2)nc2nccn12. The largest absolute Gasteiger partial charge is 0.334 e. The number of imidazole rings is 1. The molecule has 0 atom stereocenters. The molecule has 3 heterocycles. The van der Waals surface area contributed by atoms with Gasteiger partial charge in [0.05, 0.1) is 6.20 Å². The Bertz CT molecular complexity index is 748. The van der Waals surface area contributed by atoms with Crippen LogP contribution < -0.4 is 5.69 Å². The van der Waals surface area contributed by atoms with Gasteiger partial charge in [-0.05, 0) is 6.07 Å². The van der Waals surface area contributed by atoms with Crippen molar-refractivity contribution in [3.63, 3.8) is 0 Å². The molecule has 0 aliphatic carbocycles. The van der Waals surface area contributed by atoms with Crippen molar-refractivity contribution in [1.82, 2.24) is 24.3 Å². The van der Waals surface area contributed by atoms with E-state index in [9.17, 15) is 9.18 Å². The van der Waals surface area contributed by atoms with E-state index >= 15 is 0 Å². The van der Waals surface area contributed by atoms with Crippen molar-refractivity contribution in [3.8, 4) is 11.4 Å². The molecule has 17 heavy (non-hydrogen) atoms. The Morgan fingerprint density at radius 3 is 3.06 bits per heavy atom. The summed E-state index contributed by atoms with van der Waals surface area (Å²) in [6.45, 7) is 0. The predicted molar refractivity (Wildman–Crippen MR) is 56.8 cm³/mol. The van der Waals surface area contributed by atoms with Crippen LogP contribution in [0.25, 0.3) is 17.2 Å². The fourth-order valence-electron chi connectivity index (χ4n) is 1.50. The van der Waals surface area contributed by atoms with E-state index in [0.717, 1.165) is 6.20 Å². The van der Waals surface area contributed by atoms with Crippen molar-refractivity contribution in [3.05, 3.63) is 47.2 Å². The van der Waals surface area contributed by atoms with E-state index in [0.29, 0.717) is 5.56 Å². The van der Waals surface area contributed by atoms with Crippen LogP contribution in [0.3, 0.4) is 0 Å². The fraction of sp³-hybridized carbons (Fsp3) is 0. The molecule has 0 unspecified atom stereocenters. The number of hydrogen-bond acceptors (Lipinski definition) is 4. The molecule has 3 aromatic heterocycles. The summed E-state index contributed by atoms with van der Waals surface area (Å²) in [6, 6.07) is 1.24. The van der Waals surface area contributed by atoms with Gasteiger partial charge in [-0.1, -0.05) is 0 Å². The number of aromatic nitrogens is 5. The molecule has 0 saturated heterocycles. The molecule has 7 heteroatoms. The number of H-pyrrole nitrogens is 1. The molecule has 0 bridgehead atoms. The monoisotopic (exact) mass is 231 g/mol. The molecule has 0 spiro atoms. The second kappa shape index (κ2) is 3.48. The van der Waals surface area contributed by atoms with Crippen LogP contribution in [-0.2, 0) is 0 Å². The summed E-state index contributed by atoms with van der Waals surface area (Å²) in [7, 11) is 0. The lowest BCUT2D eigenvalue weighted by atomic mass is 10.3. The molecule has 0 aliphatic heterocycles. The first-order valence-electron chi connectivity index (χ1n) is 4.78. The zero-order valence-electron chi connectivity index (χ0n) is 8.46. The second-order valence-electron chi connectivity index (χ2n) is 3.38. The second-order valence-corrected chi connectivity index (χ2v) is 3.38. The molecule has 0 saturated carbocycles. The highest BCUT2D eigenvalue weighted by Gasteiger charge is 2.06. The van der Waals surface area contributed by atoms with Gasteiger partial charge in [-0.3, -0.25) is 9.97 Å². The minimum absolute atomic E-state index is 0.237. The zero-order chi connectivity index (χ0) is 11.8. The van der Waals surface area contributed by atoms with Gasteiger partial charge in [0.2, 0.25) is 5.78 Å². The van der Waals surface area contributed by atoms with Gasteiger partial charge in [-0.25, -0.2) is 18.6 Å². The van der Waals surface area contributed by atoms with Crippen LogP contribution in [0.15, 0.2) is 35.6 Å². The molecule has 6 nitrogen and oxygen atoms in total. The molecule has 0 aromatic carbocycles. The minimum Gasteiger partial charge on any atom is -0.291 e. The van der Waals surface area contributed by atoms with Crippen LogP contribution in [0.1, 0.15) is 0 Å². The van der Waals surface area contributed by atoms with E-state index in [1.165, 1.54) is 29.1 Å². The van der Waals surface area contributed by atoms with Gasteiger partial charge in [0.25, 0.3) is 0 Å². The number of aromatic amines is 1. The Kier molecular flexibility index (Phi) is 1.97. The Morgan fingerprint density at radius 2 is 2.24 bits per heavy atom. The van der Waals surface area contributed by atoms with Gasteiger partial charge < -0.3 is 0 Å². The number of rotatable bonds is 1. The normalized spacial score (nSPS) is 10.9. The maximum atomic E-state index is 13.0. The quantitative estimate of drug-likeness (QED) is 0.666. The van der Waals surface area contributed by atoms with Crippen LogP contribution in [0.2, 0.25) is 0 Å². The van der Waals surface area contributed by atoms with E-state index in [1.54, 1.807) is 0 Å². The summed E-state index contributed by atoms with van der Waals surface area (Å²) in [5.74, 6) is 0.00192. The van der Waals surface area contributed by atoms with Gasteiger partial charge in [0, 0.05) is 24.2 Å². The molecule has 3 aromatic rings. The van der Waals surface area contributed by atoms with E-state index < -0.39 is 5.82 Å². The standard InChI is InChI=1S/C10H6FN5O/c11-7-3-6(4-12-5-7)8-14-9-13-1-2-16(9)10(17)15-8/h1-5H,(H,13,14,15,17). The molecular formula is C10H6FN5O. The maximum Gasteiger partial charge on any atom is 0.334 e. The predicted octanol–water partition coefficient (Wildman–Crippen LogP) is 0.619. The molecule has 0 fully saturated rings. The molecule has 3 rings (SSSR count). The van der Waals surface area contributed by atoms with E-state index in [-0.39, 0.29) is 17.3 Å². The van der Waals surface area contributed by atoms with E-state index in [1.807, 2.05) is 0 Å². The highest BCUT2D eigenvalue weighted by molar-refractivity contribution is 5.54. The lowest BCUT2D eigenvalue weighted by Gasteiger charge is -2.00. The number of nitrogens with zero attached hydrogens (tertiary/aromatic N) is 4. The summed E-state index contributed by atoms with van der Waals surface area (Å²) in [6.07, 6.45) is 5.45. The summed E-state index contributed by atoms with van der Waals surface area (Å²) >= 11 is 0. The van der Waals surface area contributed by atoms with Crippen molar-refractivity contribution in [2.24, 2.45) is 0 Å². The first kappa shape index (κ1) is 9.64. The van der Waals surface area contributed by atoms with Crippen LogP contribution in [0.4, 0.5) is 4.39 Å². The topological polar surface area (TPSA) is 75.9 Å². The van der Waals surface area contributed by atoms with Crippen molar-refractivity contribution < 1.29 is 4.39 Å². The van der Waals surface area contributed by atoms with Gasteiger partial charge in [-0.2, -0.15) is 4.98 Å². The minimum atomic E-state index is -0.492. The molecule has 0 aliphatic rings. The summed E-state index contributed by atoms with van der Waals surface area (Å²) in [5, 5.41) is 0. The summed E-state index contributed by atoms with van der Waals surface area (Å²) < 4.78 is 14.3. The fourth-order valence-corrected chi connectivity index (χ4v) is 1.50. The highest BCUT2D eigenvalue weighted by atomic mass is 19.1. The van der Waals surface area contributed by atoms with Crippen LogP contribution in [-0.4, -0.2) is 24.3 Å². The van der Waals surface area contributed by atoms with E-state index in [4.69, 9.17) is 0 Å². The average Bonchev–Trinajstić information content (AvgIpc) is 2.77. The number of hydrogen-bond donors (Lipinski definition) is 1. The number of nitrogens with one attached hydrogen (secondary N) is 1. The Morgan fingerprint density at radius 1 is 1.35 bits per heavy atom. The molecule has 84 valence electrons. The third-order valence-corrected chi connectivity index (χ3v) is 2.26. The number of pyridine rings is 1. The van der Waals surface area contributed by atoms with Crippen LogP contribution in [0, 0.1) is 5.82 Å². The first-order valence-corrected chi connectivity index (χ1v) is 4.78. The summed E-state index contributed by atoms with van der Waals surface area (Å²) in [4.78, 5) is 25.9. The van der Waals surface area contributed by atoms with Crippen molar-refractivity contribution >= 4 is 5.78 Å². The number of halogens is 1. The number of fused-ring (bicyclic) bond motifs is 1. The smallest absolute Gasteiger partial charge is 0.291 e. The maximum absolute atomic E-state index is 13.0. The van der Waals surface area contributed by atoms with Gasteiger partial charge >= 0.3 is 5.69 Å². The Hall–Kier alpha value is -2.57. The average molecular weight is 231 g/mol. The molecule has 0 radical (unpaired) electrons. The Balaban J connectivity index is 2.27. The van der Waals surface area contributed by atoms with Crippen molar-refractivity contribution in [1.29, 1.82) is 0 Å². The van der Waals surface area contributed by atoms with Crippen molar-refractivity contribution in [2.45, 2.75) is 0 Å². The van der Waals surface area contributed by atoms with Crippen LogP contribution >= 0.6 is 0 Å². The van der Waals surface area contributed by atoms with E-state index in [2.05, 4.69) is 19.9 Å². The highest BCUT2D eigenvalue weighted by Crippen LogP contribution is 2.12. The Labute approximate surface area is 93.8 Å². The summed E-state index contributed by atoms with van der Waals surface area (Å²) in [5.41, 5.74) is 0.0133. The third kappa shape index (κ3) is 1.57. The zero-order valence-corrected chi connectivity index (χ0v) is 8.46.